The van der Waals surface area contributed by atoms with E-state index in [-0.39, 0.29) is 11.9 Å². The largest absolute Gasteiger partial charge is 0.322 e. The number of nitrogens with one attached hydrogen (secondary N) is 1. The molecular formula is C19H20ClN3O2. The Morgan fingerprint density at radius 1 is 1.16 bits per heavy atom. The fourth-order valence-corrected chi connectivity index (χ4v) is 3.21. The fraction of sp³-hybridized carbons (Fsp3) is 0.263. The average molecular weight is 358 g/mol. The van der Waals surface area contributed by atoms with Crippen LogP contribution in [0.25, 0.3) is 0 Å². The standard InChI is InChI=1S/C19H20ClN3O2/c1-13-6-3-4-9-17(13)23-11-10-22(14(2)18(23)24)19(25)21-16-8-5-7-15(20)12-16/h3-9,12,14H,10-11H2,1-2H3,(H,21,25). The highest BCUT2D eigenvalue weighted by atomic mass is 35.5. The molecule has 0 radical (unpaired) electrons. The number of carbonyl (C=O) groups excluding carboxylic acids is 2. The quantitative estimate of drug-likeness (QED) is 0.885. The summed E-state index contributed by atoms with van der Waals surface area (Å²) in [5.41, 5.74) is 2.55. The van der Waals surface area contributed by atoms with Crippen molar-refractivity contribution in [3.8, 4) is 0 Å². The summed E-state index contributed by atoms with van der Waals surface area (Å²) in [6.07, 6.45) is 0. The van der Waals surface area contributed by atoms with Crippen LogP contribution in [0.2, 0.25) is 5.02 Å². The molecule has 1 unspecified atom stereocenters. The number of anilines is 2. The first kappa shape index (κ1) is 17.3. The van der Waals surface area contributed by atoms with Gasteiger partial charge < -0.3 is 15.1 Å². The van der Waals surface area contributed by atoms with E-state index in [0.717, 1.165) is 11.3 Å². The zero-order valence-electron chi connectivity index (χ0n) is 14.2. The third-order valence-electron chi connectivity index (χ3n) is 4.40. The second-order valence-corrected chi connectivity index (χ2v) is 6.52. The van der Waals surface area contributed by atoms with Crippen LogP contribution in [0.1, 0.15) is 12.5 Å². The Kier molecular flexibility index (Phi) is 4.95. The van der Waals surface area contributed by atoms with Crippen molar-refractivity contribution in [2.45, 2.75) is 19.9 Å². The van der Waals surface area contributed by atoms with Gasteiger partial charge in [0.1, 0.15) is 6.04 Å². The Morgan fingerprint density at radius 2 is 1.92 bits per heavy atom. The molecule has 0 aromatic heterocycles. The Bertz CT molecular complexity index is 809. The number of benzene rings is 2. The fourth-order valence-electron chi connectivity index (χ4n) is 3.01. The molecule has 0 bridgehead atoms. The highest BCUT2D eigenvalue weighted by Gasteiger charge is 2.35. The molecule has 1 heterocycles. The second kappa shape index (κ2) is 7.15. The predicted octanol–water partition coefficient (Wildman–Crippen LogP) is 3.92. The van der Waals surface area contributed by atoms with Gasteiger partial charge >= 0.3 is 6.03 Å². The number of nitrogens with zero attached hydrogens (tertiary/aromatic N) is 2. The third-order valence-corrected chi connectivity index (χ3v) is 4.63. The number of hydrogen-bond donors (Lipinski definition) is 1. The van der Waals surface area contributed by atoms with Crippen molar-refractivity contribution in [3.05, 3.63) is 59.1 Å². The Morgan fingerprint density at radius 3 is 2.64 bits per heavy atom. The van der Waals surface area contributed by atoms with E-state index in [4.69, 9.17) is 11.6 Å². The number of rotatable bonds is 2. The van der Waals surface area contributed by atoms with Gasteiger partial charge in [-0.25, -0.2) is 4.79 Å². The van der Waals surface area contributed by atoms with Gasteiger partial charge in [0.25, 0.3) is 0 Å². The molecule has 1 N–H and O–H groups in total. The minimum atomic E-state index is -0.535. The first-order valence-electron chi connectivity index (χ1n) is 8.17. The molecule has 25 heavy (non-hydrogen) atoms. The first-order chi connectivity index (χ1) is 12.0. The van der Waals surface area contributed by atoms with Gasteiger partial charge in [0, 0.05) is 29.5 Å². The number of para-hydroxylation sites is 1. The van der Waals surface area contributed by atoms with Crippen LogP contribution in [-0.4, -0.2) is 36.0 Å². The Labute approximate surface area is 152 Å². The molecule has 1 aliphatic rings. The van der Waals surface area contributed by atoms with Crippen LogP contribution in [-0.2, 0) is 4.79 Å². The average Bonchev–Trinajstić information content (AvgIpc) is 2.58. The van der Waals surface area contributed by atoms with Crippen LogP contribution >= 0.6 is 11.6 Å². The van der Waals surface area contributed by atoms with Gasteiger partial charge in [0.15, 0.2) is 0 Å². The zero-order chi connectivity index (χ0) is 18.0. The molecule has 1 atom stereocenters. The van der Waals surface area contributed by atoms with E-state index in [1.165, 1.54) is 0 Å². The molecule has 6 heteroatoms. The molecule has 130 valence electrons. The number of aryl methyl sites for hydroxylation is 1. The highest BCUT2D eigenvalue weighted by Crippen LogP contribution is 2.24. The summed E-state index contributed by atoms with van der Waals surface area (Å²) < 4.78 is 0. The molecule has 3 amide bonds. The molecule has 5 nitrogen and oxygen atoms in total. The van der Waals surface area contributed by atoms with Crippen molar-refractivity contribution in [2.24, 2.45) is 0 Å². The van der Waals surface area contributed by atoms with Gasteiger partial charge in [-0.2, -0.15) is 0 Å². The number of urea groups is 1. The summed E-state index contributed by atoms with van der Waals surface area (Å²) in [5, 5.41) is 3.35. The van der Waals surface area contributed by atoms with Crippen molar-refractivity contribution in [1.82, 2.24) is 4.90 Å². The maximum Gasteiger partial charge on any atom is 0.322 e. The number of amides is 3. The van der Waals surface area contributed by atoms with Crippen molar-refractivity contribution in [3.63, 3.8) is 0 Å². The predicted molar refractivity (Wildman–Crippen MR) is 100 cm³/mol. The summed E-state index contributed by atoms with van der Waals surface area (Å²) in [5.74, 6) is -0.0817. The minimum absolute atomic E-state index is 0.0817. The van der Waals surface area contributed by atoms with E-state index < -0.39 is 6.04 Å². The summed E-state index contributed by atoms with van der Waals surface area (Å²) in [6.45, 7) is 4.67. The van der Waals surface area contributed by atoms with Gasteiger partial charge in [0.05, 0.1) is 0 Å². The maximum absolute atomic E-state index is 12.8. The van der Waals surface area contributed by atoms with Gasteiger partial charge in [-0.05, 0) is 43.7 Å². The van der Waals surface area contributed by atoms with E-state index in [2.05, 4.69) is 5.32 Å². The normalized spacial score (nSPS) is 17.6. The highest BCUT2D eigenvalue weighted by molar-refractivity contribution is 6.30. The van der Waals surface area contributed by atoms with Gasteiger partial charge in [0.2, 0.25) is 5.91 Å². The topological polar surface area (TPSA) is 52.6 Å². The molecular weight excluding hydrogens is 338 g/mol. The molecule has 0 spiro atoms. The number of piperazine rings is 1. The van der Waals surface area contributed by atoms with E-state index in [0.29, 0.717) is 23.8 Å². The van der Waals surface area contributed by atoms with E-state index in [9.17, 15) is 9.59 Å². The summed E-state index contributed by atoms with van der Waals surface area (Å²) in [7, 11) is 0. The van der Waals surface area contributed by atoms with Crippen LogP contribution in [0.3, 0.4) is 0 Å². The minimum Gasteiger partial charge on any atom is -0.311 e. The van der Waals surface area contributed by atoms with E-state index >= 15 is 0 Å². The molecule has 2 aromatic carbocycles. The smallest absolute Gasteiger partial charge is 0.311 e. The lowest BCUT2D eigenvalue weighted by Gasteiger charge is -2.39. The molecule has 2 aromatic rings. The summed E-state index contributed by atoms with van der Waals surface area (Å²) in [4.78, 5) is 28.6. The van der Waals surface area contributed by atoms with Gasteiger partial charge in [-0.15, -0.1) is 0 Å². The molecule has 0 saturated carbocycles. The Balaban J connectivity index is 1.73. The van der Waals surface area contributed by atoms with Crippen molar-refractivity contribution < 1.29 is 9.59 Å². The van der Waals surface area contributed by atoms with Crippen LogP contribution < -0.4 is 10.2 Å². The molecule has 1 aliphatic heterocycles. The van der Waals surface area contributed by atoms with Gasteiger partial charge in [-0.3, -0.25) is 4.79 Å². The number of carbonyl (C=O) groups is 2. The van der Waals surface area contributed by atoms with E-state index in [1.807, 2.05) is 31.2 Å². The SMILES string of the molecule is Cc1ccccc1N1CCN(C(=O)Nc2cccc(Cl)c2)C(C)C1=O. The van der Waals surface area contributed by atoms with Crippen LogP contribution in [0.4, 0.5) is 16.2 Å². The molecule has 0 aliphatic carbocycles. The number of hydrogen-bond acceptors (Lipinski definition) is 2. The molecule has 1 fully saturated rings. The van der Waals surface area contributed by atoms with E-state index in [1.54, 1.807) is 41.0 Å². The van der Waals surface area contributed by atoms with Crippen molar-refractivity contribution >= 4 is 34.9 Å². The maximum atomic E-state index is 12.8. The van der Waals surface area contributed by atoms with Crippen molar-refractivity contribution in [1.29, 1.82) is 0 Å². The lowest BCUT2D eigenvalue weighted by molar-refractivity contribution is -0.123. The monoisotopic (exact) mass is 357 g/mol. The van der Waals surface area contributed by atoms with Crippen LogP contribution in [0.15, 0.2) is 48.5 Å². The molecule has 3 rings (SSSR count). The second-order valence-electron chi connectivity index (χ2n) is 6.09. The number of halogens is 1. The Hall–Kier alpha value is -2.53. The first-order valence-corrected chi connectivity index (χ1v) is 8.55. The van der Waals surface area contributed by atoms with Gasteiger partial charge in [-0.1, -0.05) is 35.9 Å². The summed E-state index contributed by atoms with van der Waals surface area (Å²) in [6, 6.07) is 13.9. The molecule has 1 saturated heterocycles. The lowest BCUT2D eigenvalue weighted by Crippen LogP contribution is -2.58. The summed E-state index contributed by atoms with van der Waals surface area (Å²) >= 11 is 5.94. The third kappa shape index (κ3) is 3.61. The van der Waals surface area contributed by atoms with Crippen molar-refractivity contribution in [2.75, 3.05) is 23.3 Å². The zero-order valence-corrected chi connectivity index (χ0v) is 15.0. The van der Waals surface area contributed by atoms with Crippen LogP contribution in [0.5, 0.6) is 0 Å². The van der Waals surface area contributed by atoms with Crippen LogP contribution in [0, 0.1) is 6.92 Å². The lowest BCUT2D eigenvalue weighted by atomic mass is 10.1.